The fourth-order valence-corrected chi connectivity index (χ4v) is 1.79. The Bertz CT molecular complexity index is 363. The van der Waals surface area contributed by atoms with Crippen LogP contribution in [-0.2, 0) is 6.54 Å². The molecule has 0 atom stereocenters. The van der Waals surface area contributed by atoms with Gasteiger partial charge in [0, 0.05) is 20.1 Å². The molecule has 0 saturated carbocycles. The average Bonchev–Trinajstić information content (AvgIpc) is 2.32. The first-order valence-electron chi connectivity index (χ1n) is 6.18. The van der Waals surface area contributed by atoms with Gasteiger partial charge in [-0.15, -0.1) is 0 Å². The van der Waals surface area contributed by atoms with Gasteiger partial charge in [0.2, 0.25) is 0 Å². The van der Waals surface area contributed by atoms with Crippen LogP contribution in [0.2, 0.25) is 0 Å². The van der Waals surface area contributed by atoms with Crippen molar-refractivity contribution in [2.45, 2.75) is 33.2 Å². The Morgan fingerprint density at radius 2 is 2.06 bits per heavy atom. The third-order valence-electron chi connectivity index (χ3n) is 2.82. The van der Waals surface area contributed by atoms with Crippen molar-refractivity contribution in [3.63, 3.8) is 0 Å². The molecule has 0 unspecified atom stereocenters. The van der Waals surface area contributed by atoms with Crippen molar-refractivity contribution in [1.82, 2.24) is 10.2 Å². The molecule has 0 aliphatic carbocycles. The van der Waals surface area contributed by atoms with E-state index in [9.17, 15) is 0 Å². The molecule has 0 amide bonds. The van der Waals surface area contributed by atoms with Gasteiger partial charge in [-0.05, 0) is 36.7 Å². The van der Waals surface area contributed by atoms with E-state index in [1.54, 1.807) is 0 Å². The van der Waals surface area contributed by atoms with Crippen LogP contribution in [0, 0.1) is 6.92 Å². The van der Waals surface area contributed by atoms with E-state index in [1.165, 1.54) is 24.0 Å². The molecule has 0 aliphatic heterocycles. The molecule has 0 aliphatic rings. The van der Waals surface area contributed by atoms with Gasteiger partial charge in [0.1, 0.15) is 0 Å². The molecule has 94 valence electrons. The van der Waals surface area contributed by atoms with Gasteiger partial charge in [0.05, 0.1) is 0 Å². The van der Waals surface area contributed by atoms with Crippen LogP contribution < -0.4 is 5.32 Å². The lowest BCUT2D eigenvalue weighted by molar-refractivity contribution is 0.486. The number of benzene rings is 1. The molecule has 0 fully saturated rings. The molecule has 0 spiro atoms. The molecule has 0 bridgehead atoms. The summed E-state index contributed by atoms with van der Waals surface area (Å²) in [7, 11) is 2.04. The molecule has 1 N–H and O–H groups in total. The smallest absolute Gasteiger partial charge is 0.168 e. The minimum absolute atomic E-state index is 0.835. The Hall–Kier alpha value is -1.09. The molecular weight excluding hydrogens is 228 g/mol. The van der Waals surface area contributed by atoms with Gasteiger partial charge in [-0.25, -0.2) is 0 Å². The molecule has 1 aromatic carbocycles. The van der Waals surface area contributed by atoms with Crippen molar-refractivity contribution in [2.75, 3.05) is 13.6 Å². The Morgan fingerprint density at radius 3 is 2.71 bits per heavy atom. The zero-order valence-corrected chi connectivity index (χ0v) is 11.8. The topological polar surface area (TPSA) is 15.3 Å². The van der Waals surface area contributed by atoms with Gasteiger partial charge in [-0.3, -0.25) is 0 Å². The summed E-state index contributed by atoms with van der Waals surface area (Å²) >= 11 is 5.35. The first kappa shape index (κ1) is 14.0. The van der Waals surface area contributed by atoms with E-state index < -0.39 is 0 Å². The second kappa shape index (κ2) is 7.28. The van der Waals surface area contributed by atoms with Gasteiger partial charge in [0.25, 0.3) is 0 Å². The first-order valence-corrected chi connectivity index (χ1v) is 6.59. The van der Waals surface area contributed by atoms with Crippen LogP contribution in [0.3, 0.4) is 0 Å². The van der Waals surface area contributed by atoms with Crippen LogP contribution in [0.5, 0.6) is 0 Å². The number of nitrogens with one attached hydrogen (secondary N) is 1. The van der Waals surface area contributed by atoms with E-state index in [4.69, 9.17) is 12.2 Å². The lowest BCUT2D eigenvalue weighted by atomic mass is 10.1. The molecule has 17 heavy (non-hydrogen) atoms. The second-order valence-corrected chi connectivity index (χ2v) is 4.75. The number of hydrogen-bond acceptors (Lipinski definition) is 1. The quantitative estimate of drug-likeness (QED) is 0.638. The Morgan fingerprint density at radius 1 is 1.35 bits per heavy atom. The Labute approximate surface area is 110 Å². The first-order chi connectivity index (χ1) is 8.15. The number of thiocarbonyl (C=S) groups is 1. The largest absolute Gasteiger partial charge is 0.363 e. The van der Waals surface area contributed by atoms with Crippen LogP contribution in [0.1, 0.15) is 30.9 Å². The molecule has 3 heteroatoms. The maximum absolute atomic E-state index is 5.35. The highest BCUT2D eigenvalue weighted by Crippen LogP contribution is 2.09. The van der Waals surface area contributed by atoms with Gasteiger partial charge in [-0.1, -0.05) is 37.6 Å². The third-order valence-corrected chi connectivity index (χ3v) is 3.28. The SMILES string of the molecule is CCCCNC(=S)N(C)Cc1ccccc1C. The van der Waals surface area contributed by atoms with Gasteiger partial charge >= 0.3 is 0 Å². The molecule has 1 aromatic rings. The predicted molar refractivity (Wildman–Crippen MR) is 78.2 cm³/mol. The van der Waals surface area contributed by atoms with E-state index in [0.29, 0.717) is 0 Å². The van der Waals surface area contributed by atoms with E-state index in [2.05, 4.69) is 48.3 Å². The summed E-state index contributed by atoms with van der Waals surface area (Å²) in [5.41, 5.74) is 2.64. The zero-order chi connectivity index (χ0) is 12.7. The van der Waals surface area contributed by atoms with Crippen molar-refractivity contribution >= 4 is 17.3 Å². The van der Waals surface area contributed by atoms with Crippen molar-refractivity contribution in [2.24, 2.45) is 0 Å². The van der Waals surface area contributed by atoms with Crippen LogP contribution in [0.25, 0.3) is 0 Å². The normalized spacial score (nSPS) is 10.1. The van der Waals surface area contributed by atoms with Crippen molar-refractivity contribution in [1.29, 1.82) is 0 Å². The minimum atomic E-state index is 0.835. The summed E-state index contributed by atoms with van der Waals surface area (Å²) in [6, 6.07) is 8.43. The van der Waals surface area contributed by atoms with Crippen molar-refractivity contribution < 1.29 is 0 Å². The number of rotatable bonds is 5. The summed E-state index contributed by atoms with van der Waals surface area (Å²) < 4.78 is 0. The van der Waals surface area contributed by atoms with Crippen LogP contribution >= 0.6 is 12.2 Å². The molecular formula is C14H22N2S. The van der Waals surface area contributed by atoms with Crippen LogP contribution in [-0.4, -0.2) is 23.6 Å². The zero-order valence-electron chi connectivity index (χ0n) is 11.0. The Balaban J connectivity index is 2.46. The number of unbranched alkanes of at least 4 members (excludes halogenated alkanes) is 1. The Kier molecular flexibility index (Phi) is 5.98. The lowest BCUT2D eigenvalue weighted by Gasteiger charge is -2.22. The molecule has 0 aromatic heterocycles. The molecule has 2 nitrogen and oxygen atoms in total. The lowest BCUT2D eigenvalue weighted by Crippen LogP contribution is -2.37. The van der Waals surface area contributed by atoms with Crippen LogP contribution in [0.15, 0.2) is 24.3 Å². The van der Waals surface area contributed by atoms with E-state index in [1.807, 2.05) is 7.05 Å². The number of aryl methyl sites for hydroxylation is 1. The summed E-state index contributed by atoms with van der Waals surface area (Å²) in [5, 5.41) is 4.12. The molecule has 1 rings (SSSR count). The standard InChI is InChI=1S/C14H22N2S/c1-4-5-10-15-14(17)16(3)11-13-9-7-6-8-12(13)2/h6-9H,4-5,10-11H2,1-3H3,(H,15,17). The van der Waals surface area contributed by atoms with E-state index >= 15 is 0 Å². The number of nitrogens with zero attached hydrogens (tertiary/aromatic N) is 1. The maximum atomic E-state index is 5.35. The van der Waals surface area contributed by atoms with E-state index in [0.717, 1.165) is 18.2 Å². The molecule has 0 radical (unpaired) electrons. The van der Waals surface area contributed by atoms with Crippen LogP contribution in [0.4, 0.5) is 0 Å². The predicted octanol–water partition coefficient (Wildman–Crippen LogP) is 3.10. The highest BCUT2D eigenvalue weighted by atomic mass is 32.1. The van der Waals surface area contributed by atoms with E-state index in [-0.39, 0.29) is 0 Å². The highest BCUT2D eigenvalue weighted by Gasteiger charge is 2.05. The minimum Gasteiger partial charge on any atom is -0.363 e. The van der Waals surface area contributed by atoms with Crippen molar-refractivity contribution in [3.05, 3.63) is 35.4 Å². The second-order valence-electron chi connectivity index (χ2n) is 4.37. The molecule has 0 heterocycles. The fourth-order valence-electron chi connectivity index (χ4n) is 1.62. The highest BCUT2D eigenvalue weighted by molar-refractivity contribution is 7.80. The summed E-state index contributed by atoms with van der Waals surface area (Å²) in [6.07, 6.45) is 2.36. The maximum Gasteiger partial charge on any atom is 0.168 e. The van der Waals surface area contributed by atoms with Gasteiger partial charge < -0.3 is 10.2 Å². The fraction of sp³-hybridized carbons (Fsp3) is 0.500. The number of hydrogen-bond donors (Lipinski definition) is 1. The van der Waals surface area contributed by atoms with Crippen molar-refractivity contribution in [3.8, 4) is 0 Å². The van der Waals surface area contributed by atoms with Gasteiger partial charge in [0.15, 0.2) is 5.11 Å². The third kappa shape index (κ3) is 4.73. The summed E-state index contributed by atoms with van der Waals surface area (Å²) in [6.45, 7) is 6.15. The molecule has 0 saturated heterocycles. The monoisotopic (exact) mass is 250 g/mol. The average molecular weight is 250 g/mol. The summed E-state index contributed by atoms with van der Waals surface area (Å²) in [5.74, 6) is 0. The van der Waals surface area contributed by atoms with Gasteiger partial charge in [-0.2, -0.15) is 0 Å². The summed E-state index contributed by atoms with van der Waals surface area (Å²) in [4.78, 5) is 2.09.